The molecule has 0 aromatic heterocycles. The number of fused-ring (bicyclic) bond motifs is 5. The van der Waals surface area contributed by atoms with Gasteiger partial charge < -0.3 is 10.1 Å². The number of hydrogen-bond donors (Lipinski definition) is 1. The van der Waals surface area contributed by atoms with Crippen LogP contribution in [0.1, 0.15) is 18.4 Å². The molecule has 2 aromatic rings. The Balaban J connectivity index is 1.11. The molecule has 4 atom stereocenters. The number of benzene rings is 2. The van der Waals surface area contributed by atoms with Gasteiger partial charge in [-0.25, -0.2) is 0 Å². The van der Waals surface area contributed by atoms with Crippen LogP contribution in [0.3, 0.4) is 0 Å². The number of likely N-dealkylation sites (tertiary alicyclic amines) is 1. The van der Waals surface area contributed by atoms with Crippen LogP contribution in [0.5, 0.6) is 5.75 Å². The molecule has 4 unspecified atom stereocenters. The van der Waals surface area contributed by atoms with E-state index >= 15 is 0 Å². The smallest absolute Gasteiger partial charge is 0.233 e. The Hall–Kier alpha value is -3.41. The van der Waals surface area contributed by atoms with E-state index in [9.17, 15) is 14.4 Å². The summed E-state index contributed by atoms with van der Waals surface area (Å²) in [6, 6.07) is 17.0. The average Bonchev–Trinajstić information content (AvgIpc) is 3.47. The quantitative estimate of drug-likeness (QED) is 0.555. The number of carbonyl (C=O) groups excluding carboxylic acids is 3. The van der Waals surface area contributed by atoms with Gasteiger partial charge in [0.25, 0.3) is 0 Å². The topological polar surface area (TPSA) is 75.7 Å². The van der Waals surface area contributed by atoms with Crippen molar-refractivity contribution in [1.29, 1.82) is 0 Å². The molecule has 1 saturated carbocycles. The second-order valence-electron chi connectivity index (χ2n) is 8.42. The van der Waals surface area contributed by atoms with E-state index in [0.717, 1.165) is 12.0 Å². The Morgan fingerprint density at radius 2 is 1.58 bits per heavy atom. The molecule has 6 heteroatoms. The number of amides is 3. The highest BCUT2D eigenvalue weighted by Gasteiger charge is 2.58. The number of hydrogen-bond acceptors (Lipinski definition) is 4. The van der Waals surface area contributed by atoms with Crippen molar-refractivity contribution in [2.75, 3.05) is 11.9 Å². The summed E-state index contributed by atoms with van der Waals surface area (Å²) in [5.74, 6) is 0.213. The number of nitrogens with one attached hydrogen (secondary N) is 1. The van der Waals surface area contributed by atoms with Crippen LogP contribution >= 0.6 is 0 Å². The third-order valence-electron chi connectivity index (χ3n) is 6.51. The molecule has 1 heterocycles. The van der Waals surface area contributed by atoms with Gasteiger partial charge in [-0.15, -0.1) is 0 Å². The van der Waals surface area contributed by atoms with Crippen molar-refractivity contribution in [2.45, 2.75) is 19.4 Å². The van der Waals surface area contributed by atoms with E-state index in [1.54, 1.807) is 24.3 Å². The number of nitrogens with zero attached hydrogens (tertiary/aromatic N) is 1. The first-order chi connectivity index (χ1) is 15.1. The van der Waals surface area contributed by atoms with Crippen molar-refractivity contribution < 1.29 is 19.1 Å². The molecule has 3 aliphatic rings. The first-order valence-corrected chi connectivity index (χ1v) is 10.7. The average molecular weight is 416 g/mol. The molecular weight excluding hydrogens is 392 g/mol. The van der Waals surface area contributed by atoms with E-state index in [2.05, 4.69) is 17.5 Å². The highest BCUT2D eigenvalue weighted by atomic mass is 16.5. The zero-order chi connectivity index (χ0) is 21.4. The maximum Gasteiger partial charge on any atom is 0.233 e. The molecule has 6 nitrogen and oxygen atoms in total. The van der Waals surface area contributed by atoms with E-state index in [4.69, 9.17) is 4.74 Å². The Labute approximate surface area is 180 Å². The summed E-state index contributed by atoms with van der Waals surface area (Å²) >= 11 is 0. The zero-order valence-corrected chi connectivity index (χ0v) is 17.1. The number of imide groups is 1. The zero-order valence-electron chi connectivity index (χ0n) is 17.1. The fourth-order valence-electron chi connectivity index (χ4n) is 5.00. The maximum absolute atomic E-state index is 12.7. The molecule has 1 N–H and O–H groups in total. The lowest BCUT2D eigenvalue weighted by atomic mass is 9.85. The maximum atomic E-state index is 12.7. The van der Waals surface area contributed by atoms with Crippen molar-refractivity contribution in [2.24, 2.45) is 23.7 Å². The van der Waals surface area contributed by atoms with Crippen molar-refractivity contribution in [3.05, 3.63) is 72.3 Å². The molecule has 2 bridgehead atoms. The Bertz CT molecular complexity index is 1000. The third kappa shape index (κ3) is 3.74. The second-order valence-corrected chi connectivity index (χ2v) is 8.42. The van der Waals surface area contributed by atoms with Crippen LogP contribution in [0.2, 0.25) is 0 Å². The minimum absolute atomic E-state index is 0.0892. The van der Waals surface area contributed by atoms with Gasteiger partial charge in [0.2, 0.25) is 17.7 Å². The van der Waals surface area contributed by atoms with Gasteiger partial charge in [-0.2, -0.15) is 0 Å². The fourth-order valence-corrected chi connectivity index (χ4v) is 5.00. The molecule has 31 heavy (non-hydrogen) atoms. The highest BCUT2D eigenvalue weighted by Crippen LogP contribution is 2.52. The van der Waals surface area contributed by atoms with E-state index in [0.29, 0.717) is 18.0 Å². The van der Waals surface area contributed by atoms with Crippen LogP contribution < -0.4 is 10.1 Å². The normalized spacial score (nSPS) is 25.7. The number of ether oxygens (including phenoxy) is 1. The minimum atomic E-state index is -0.225. The SMILES string of the molecule is O=C(CCN1C(=O)C2C3C=CC(C3)C2C1=O)Nc1ccc(OCc2ccccc2)cc1. The van der Waals surface area contributed by atoms with Crippen LogP contribution in [0.15, 0.2) is 66.7 Å². The Morgan fingerprint density at radius 3 is 2.23 bits per heavy atom. The monoisotopic (exact) mass is 416 g/mol. The van der Waals surface area contributed by atoms with Crippen LogP contribution in [-0.4, -0.2) is 29.2 Å². The molecule has 0 spiro atoms. The van der Waals surface area contributed by atoms with Gasteiger partial charge in [-0.05, 0) is 48.1 Å². The van der Waals surface area contributed by atoms with Gasteiger partial charge >= 0.3 is 0 Å². The van der Waals surface area contributed by atoms with E-state index in [-0.39, 0.29) is 54.4 Å². The van der Waals surface area contributed by atoms with Gasteiger partial charge in [0.1, 0.15) is 12.4 Å². The lowest BCUT2D eigenvalue weighted by Gasteiger charge is -2.17. The summed E-state index contributed by atoms with van der Waals surface area (Å²) in [5, 5.41) is 2.82. The van der Waals surface area contributed by atoms with Crippen LogP contribution in [0.25, 0.3) is 0 Å². The lowest BCUT2D eigenvalue weighted by Crippen LogP contribution is -2.35. The van der Waals surface area contributed by atoms with Crippen molar-refractivity contribution >= 4 is 23.4 Å². The third-order valence-corrected chi connectivity index (χ3v) is 6.51. The Kier molecular flexibility index (Phi) is 5.06. The summed E-state index contributed by atoms with van der Waals surface area (Å²) in [6.07, 6.45) is 5.14. The molecule has 2 fully saturated rings. The summed E-state index contributed by atoms with van der Waals surface area (Å²) in [4.78, 5) is 39.0. The first kappa shape index (κ1) is 19.5. The van der Waals surface area contributed by atoms with Gasteiger partial charge in [0.15, 0.2) is 0 Å². The predicted octanol–water partition coefficient (Wildman–Crippen LogP) is 3.40. The van der Waals surface area contributed by atoms with E-state index < -0.39 is 0 Å². The summed E-state index contributed by atoms with van der Waals surface area (Å²) in [6.45, 7) is 0.609. The van der Waals surface area contributed by atoms with Gasteiger partial charge in [0.05, 0.1) is 11.8 Å². The van der Waals surface area contributed by atoms with Crippen molar-refractivity contribution in [1.82, 2.24) is 4.90 Å². The highest BCUT2D eigenvalue weighted by molar-refractivity contribution is 6.06. The van der Waals surface area contributed by atoms with E-state index in [1.807, 2.05) is 30.3 Å². The van der Waals surface area contributed by atoms with Crippen LogP contribution in [0, 0.1) is 23.7 Å². The van der Waals surface area contributed by atoms with Gasteiger partial charge in [0, 0.05) is 18.7 Å². The molecule has 2 aromatic carbocycles. The summed E-state index contributed by atoms with van der Waals surface area (Å²) < 4.78 is 5.75. The summed E-state index contributed by atoms with van der Waals surface area (Å²) in [7, 11) is 0. The molecule has 1 saturated heterocycles. The molecule has 158 valence electrons. The number of rotatable bonds is 7. The number of allylic oxidation sites excluding steroid dienone is 2. The first-order valence-electron chi connectivity index (χ1n) is 10.7. The standard InChI is InChI=1S/C25H24N2O4/c28-21(12-13-27-24(29)22-17-6-7-18(14-17)23(22)25(27)30)26-19-8-10-20(11-9-19)31-15-16-4-2-1-3-5-16/h1-11,17-18,22-23H,12-15H2,(H,26,28). The predicted molar refractivity (Wildman–Crippen MR) is 115 cm³/mol. The minimum Gasteiger partial charge on any atom is -0.489 e. The molecule has 5 rings (SSSR count). The van der Waals surface area contributed by atoms with Crippen molar-refractivity contribution in [3.8, 4) is 5.75 Å². The van der Waals surface area contributed by atoms with Gasteiger partial charge in [-0.3, -0.25) is 19.3 Å². The fraction of sp³-hybridized carbons (Fsp3) is 0.320. The molecule has 1 aliphatic heterocycles. The molecular formula is C25H24N2O4. The molecule has 2 aliphatic carbocycles. The number of carbonyl (C=O) groups is 3. The van der Waals surface area contributed by atoms with Crippen LogP contribution in [0.4, 0.5) is 5.69 Å². The summed E-state index contributed by atoms with van der Waals surface area (Å²) in [5.41, 5.74) is 1.73. The van der Waals surface area contributed by atoms with Crippen LogP contribution in [-0.2, 0) is 21.0 Å². The lowest BCUT2D eigenvalue weighted by molar-refractivity contribution is -0.140. The molecule has 3 amide bonds. The van der Waals surface area contributed by atoms with Crippen molar-refractivity contribution in [3.63, 3.8) is 0 Å². The number of anilines is 1. The largest absolute Gasteiger partial charge is 0.489 e. The van der Waals surface area contributed by atoms with E-state index in [1.165, 1.54) is 4.90 Å². The molecule has 0 radical (unpaired) electrons. The second kappa shape index (κ2) is 8.02. The Morgan fingerprint density at radius 1 is 0.935 bits per heavy atom. The van der Waals surface area contributed by atoms with Gasteiger partial charge in [-0.1, -0.05) is 42.5 Å².